The van der Waals surface area contributed by atoms with E-state index >= 15 is 0 Å². The van der Waals surface area contributed by atoms with Crippen LogP contribution in [-0.4, -0.2) is 14.1 Å². The minimum atomic E-state index is 0.333. The molecule has 53 heavy (non-hydrogen) atoms. The van der Waals surface area contributed by atoms with Crippen molar-refractivity contribution in [1.82, 2.24) is 14.1 Å². The molecule has 3 aromatic heterocycles. The van der Waals surface area contributed by atoms with Gasteiger partial charge in [-0.25, -0.2) is 0 Å². The molecule has 252 valence electrons. The third-order valence-corrected chi connectivity index (χ3v) is 12.2. The summed E-state index contributed by atoms with van der Waals surface area (Å²) in [6, 6.07) is 54.1. The third-order valence-electron chi connectivity index (χ3n) is 12.2. The van der Waals surface area contributed by atoms with Crippen molar-refractivity contribution in [3.63, 3.8) is 0 Å². The Balaban J connectivity index is 1.34. The first-order valence-electron chi connectivity index (χ1n) is 18.7. The summed E-state index contributed by atoms with van der Waals surface area (Å²) in [6.45, 7) is 7.17. The zero-order valence-electron chi connectivity index (χ0n) is 30.0. The van der Waals surface area contributed by atoms with Gasteiger partial charge in [-0.05, 0) is 117 Å². The maximum atomic E-state index is 4.57. The highest BCUT2D eigenvalue weighted by atomic mass is 15.0. The molecule has 0 N–H and O–H groups in total. The molecule has 1 aliphatic rings. The van der Waals surface area contributed by atoms with E-state index < -0.39 is 0 Å². The zero-order valence-corrected chi connectivity index (χ0v) is 30.0. The average Bonchev–Trinajstić information content (AvgIpc) is 3.73. The number of benzene rings is 7. The number of hydrogen-bond acceptors (Lipinski definition) is 1. The lowest BCUT2D eigenvalue weighted by Crippen LogP contribution is -2.06. The van der Waals surface area contributed by atoms with E-state index in [4.69, 9.17) is 0 Å². The van der Waals surface area contributed by atoms with E-state index in [1.54, 1.807) is 0 Å². The molecular weight excluding hydrogens is 643 g/mol. The average molecular weight is 680 g/mol. The number of para-hydroxylation sites is 1. The van der Waals surface area contributed by atoms with Gasteiger partial charge in [-0.3, -0.25) is 4.98 Å². The third kappa shape index (κ3) is 4.19. The second-order valence-corrected chi connectivity index (χ2v) is 14.9. The Morgan fingerprint density at radius 3 is 1.98 bits per heavy atom. The van der Waals surface area contributed by atoms with Gasteiger partial charge in [0.15, 0.2) is 0 Å². The summed E-state index contributed by atoms with van der Waals surface area (Å²) < 4.78 is 4.87. The van der Waals surface area contributed by atoms with Crippen LogP contribution < -0.4 is 0 Å². The highest BCUT2D eigenvalue weighted by Gasteiger charge is 2.30. The first-order valence-corrected chi connectivity index (χ1v) is 18.7. The summed E-state index contributed by atoms with van der Waals surface area (Å²) >= 11 is 0. The van der Waals surface area contributed by atoms with E-state index in [-0.39, 0.29) is 0 Å². The summed E-state index contributed by atoms with van der Waals surface area (Å²) in [4.78, 5) is 4.57. The number of aromatic nitrogens is 3. The van der Waals surface area contributed by atoms with Crippen LogP contribution in [0.15, 0.2) is 158 Å². The van der Waals surface area contributed by atoms with Gasteiger partial charge in [0.1, 0.15) is 0 Å². The molecule has 0 saturated carbocycles. The van der Waals surface area contributed by atoms with E-state index in [2.05, 4.69) is 180 Å². The Labute approximate surface area is 308 Å². The van der Waals surface area contributed by atoms with Gasteiger partial charge in [-0.15, -0.1) is 0 Å². The molecule has 0 aliphatic heterocycles. The highest BCUT2D eigenvalue weighted by Crippen LogP contribution is 2.51. The Kier molecular flexibility index (Phi) is 6.42. The fourth-order valence-corrected chi connectivity index (χ4v) is 9.58. The lowest BCUT2D eigenvalue weighted by Gasteiger charge is -2.24. The molecule has 10 aromatic rings. The minimum Gasteiger partial charge on any atom is -0.309 e. The van der Waals surface area contributed by atoms with Crippen LogP contribution in [0.4, 0.5) is 0 Å². The quantitative estimate of drug-likeness (QED) is 0.178. The highest BCUT2D eigenvalue weighted by molar-refractivity contribution is 6.26. The Morgan fingerprint density at radius 1 is 0.472 bits per heavy atom. The van der Waals surface area contributed by atoms with E-state index in [9.17, 15) is 0 Å². The van der Waals surface area contributed by atoms with Crippen molar-refractivity contribution in [3.05, 3.63) is 175 Å². The number of hydrogen-bond donors (Lipinski definition) is 0. The zero-order chi connectivity index (χ0) is 35.4. The van der Waals surface area contributed by atoms with Crippen molar-refractivity contribution in [3.8, 4) is 33.6 Å². The van der Waals surface area contributed by atoms with Crippen molar-refractivity contribution in [2.45, 2.75) is 32.6 Å². The standard InChI is InChI=1S/C50H37N3/c1-30-31(2)37-17-10-12-20-41(37)48-32(3)42(39-19-11-9-16-36(30)39)28-46-50(48)49-38-18-8-7-13-33(38)21-23-45(49)53(46)35-22-24-44-43(27-35)40-25-26-51-29-47(40)52(44)34-14-5-4-6-15-34/h4-31H,1-3H3/t30-,31?/m1/s1. The summed E-state index contributed by atoms with van der Waals surface area (Å²) in [5.41, 5.74) is 16.5. The molecule has 3 heterocycles. The van der Waals surface area contributed by atoms with Gasteiger partial charge in [-0.1, -0.05) is 111 Å². The summed E-state index contributed by atoms with van der Waals surface area (Å²) in [5, 5.41) is 7.57. The molecule has 2 atom stereocenters. The van der Waals surface area contributed by atoms with Crippen LogP contribution >= 0.6 is 0 Å². The Bertz CT molecular complexity index is 3110. The van der Waals surface area contributed by atoms with Gasteiger partial charge in [-0.2, -0.15) is 0 Å². The Hall–Kier alpha value is -6.45. The molecule has 2 bridgehead atoms. The van der Waals surface area contributed by atoms with Crippen molar-refractivity contribution in [1.29, 1.82) is 0 Å². The fraction of sp³-hybridized carbons (Fsp3) is 0.100. The van der Waals surface area contributed by atoms with Crippen molar-refractivity contribution in [2.24, 2.45) is 0 Å². The predicted molar refractivity (Wildman–Crippen MR) is 223 cm³/mol. The predicted octanol–water partition coefficient (Wildman–Crippen LogP) is 13.3. The molecule has 11 rings (SSSR count). The van der Waals surface area contributed by atoms with E-state index in [1.807, 2.05) is 12.4 Å². The van der Waals surface area contributed by atoms with Crippen LogP contribution in [0, 0.1) is 6.92 Å². The van der Waals surface area contributed by atoms with E-state index in [0.717, 1.165) is 16.9 Å². The number of pyridine rings is 1. The summed E-state index contributed by atoms with van der Waals surface area (Å²) in [5.74, 6) is 0.680. The topological polar surface area (TPSA) is 22.8 Å². The molecule has 0 saturated heterocycles. The normalized spacial score (nSPS) is 15.5. The van der Waals surface area contributed by atoms with Crippen LogP contribution in [0.2, 0.25) is 0 Å². The molecule has 3 nitrogen and oxygen atoms in total. The summed E-state index contributed by atoms with van der Waals surface area (Å²) in [7, 11) is 0. The molecule has 0 spiro atoms. The molecule has 1 aliphatic carbocycles. The van der Waals surface area contributed by atoms with Crippen LogP contribution in [0.5, 0.6) is 0 Å². The van der Waals surface area contributed by atoms with Gasteiger partial charge in [0.2, 0.25) is 0 Å². The lowest BCUT2D eigenvalue weighted by molar-refractivity contribution is 0.626. The van der Waals surface area contributed by atoms with Gasteiger partial charge in [0.25, 0.3) is 0 Å². The fourth-order valence-electron chi connectivity index (χ4n) is 9.58. The van der Waals surface area contributed by atoms with Crippen molar-refractivity contribution in [2.75, 3.05) is 0 Å². The van der Waals surface area contributed by atoms with Crippen LogP contribution in [0.1, 0.15) is 42.4 Å². The van der Waals surface area contributed by atoms with E-state index in [0.29, 0.717) is 11.8 Å². The van der Waals surface area contributed by atoms with Gasteiger partial charge >= 0.3 is 0 Å². The van der Waals surface area contributed by atoms with Crippen LogP contribution in [0.25, 0.3) is 88.0 Å². The molecule has 1 unspecified atom stereocenters. The van der Waals surface area contributed by atoms with Gasteiger partial charge < -0.3 is 9.13 Å². The number of rotatable bonds is 2. The molecule has 0 fully saturated rings. The Morgan fingerprint density at radius 2 is 1.15 bits per heavy atom. The van der Waals surface area contributed by atoms with Crippen LogP contribution in [0.3, 0.4) is 0 Å². The maximum Gasteiger partial charge on any atom is 0.0724 e. The molecule has 3 heteroatoms. The molecule has 7 aromatic carbocycles. The van der Waals surface area contributed by atoms with Crippen LogP contribution in [-0.2, 0) is 0 Å². The molecular formula is C50H37N3. The van der Waals surface area contributed by atoms with E-state index in [1.165, 1.54) is 87.8 Å². The lowest BCUT2D eigenvalue weighted by atomic mass is 9.80. The molecule has 0 amide bonds. The number of fused-ring (bicyclic) bond motifs is 15. The van der Waals surface area contributed by atoms with Crippen molar-refractivity contribution < 1.29 is 0 Å². The number of nitrogens with zero attached hydrogens (tertiary/aromatic N) is 3. The van der Waals surface area contributed by atoms with Gasteiger partial charge in [0, 0.05) is 39.1 Å². The monoisotopic (exact) mass is 679 g/mol. The SMILES string of the molecule is Cc1c2cc3c(c1-c1ccccc1C(C)[C@@H](C)c1ccccc1-2)c1c2ccccc2ccc1n3-c1ccc2c(c1)c1ccncc1n2-c1ccccc1. The first kappa shape index (κ1) is 30.2. The smallest absolute Gasteiger partial charge is 0.0724 e. The maximum absolute atomic E-state index is 4.57. The second-order valence-electron chi connectivity index (χ2n) is 14.9. The first-order chi connectivity index (χ1) is 26.1. The molecule has 0 radical (unpaired) electrons. The minimum absolute atomic E-state index is 0.333. The van der Waals surface area contributed by atoms with Gasteiger partial charge in [0.05, 0.1) is 28.3 Å². The largest absolute Gasteiger partial charge is 0.309 e. The second kappa shape index (κ2) is 11.3. The van der Waals surface area contributed by atoms with Crippen molar-refractivity contribution >= 4 is 54.4 Å². The summed E-state index contributed by atoms with van der Waals surface area (Å²) in [6.07, 6.45) is 3.91.